The van der Waals surface area contributed by atoms with Gasteiger partial charge in [-0.25, -0.2) is 0 Å². The molecule has 5 nitrogen and oxygen atoms in total. The SMILES string of the molecule is Cc1nn(C)c(C)c1NC(=O)CC(C)N. The Labute approximate surface area is 89.6 Å². The van der Waals surface area contributed by atoms with Gasteiger partial charge in [-0.1, -0.05) is 0 Å². The summed E-state index contributed by atoms with van der Waals surface area (Å²) in [5, 5.41) is 7.04. The van der Waals surface area contributed by atoms with E-state index in [0.717, 1.165) is 17.1 Å². The first-order chi connectivity index (χ1) is 6.91. The molecule has 0 radical (unpaired) electrons. The first kappa shape index (κ1) is 11.7. The molecule has 1 aromatic rings. The van der Waals surface area contributed by atoms with E-state index < -0.39 is 0 Å². The molecule has 5 heteroatoms. The van der Waals surface area contributed by atoms with Crippen LogP contribution < -0.4 is 11.1 Å². The standard InChI is InChI=1S/C10H18N4O/c1-6(11)5-9(15)12-10-7(2)13-14(4)8(10)3/h6H,5,11H2,1-4H3,(H,12,15). The summed E-state index contributed by atoms with van der Waals surface area (Å²) in [6, 6.07) is -0.123. The molecule has 1 atom stereocenters. The Balaban J connectivity index is 2.76. The minimum absolute atomic E-state index is 0.0656. The van der Waals surface area contributed by atoms with E-state index in [9.17, 15) is 4.79 Å². The van der Waals surface area contributed by atoms with Crippen LogP contribution in [0.3, 0.4) is 0 Å². The fourth-order valence-corrected chi connectivity index (χ4v) is 1.44. The fourth-order valence-electron chi connectivity index (χ4n) is 1.44. The van der Waals surface area contributed by atoms with Crippen molar-refractivity contribution >= 4 is 11.6 Å². The molecule has 84 valence electrons. The molecule has 0 saturated carbocycles. The molecule has 0 bridgehead atoms. The van der Waals surface area contributed by atoms with Gasteiger partial charge < -0.3 is 11.1 Å². The Morgan fingerprint density at radius 2 is 2.20 bits per heavy atom. The average Bonchev–Trinajstić information content (AvgIpc) is 2.31. The largest absolute Gasteiger partial charge is 0.327 e. The number of rotatable bonds is 3. The predicted octanol–water partition coefficient (Wildman–Crippen LogP) is 0.713. The van der Waals surface area contributed by atoms with Gasteiger partial charge in [0.2, 0.25) is 5.91 Å². The van der Waals surface area contributed by atoms with Gasteiger partial charge in [0.25, 0.3) is 0 Å². The van der Waals surface area contributed by atoms with E-state index in [1.165, 1.54) is 0 Å². The first-order valence-electron chi connectivity index (χ1n) is 4.97. The third-order valence-corrected chi connectivity index (χ3v) is 2.28. The van der Waals surface area contributed by atoms with Crippen LogP contribution in [-0.4, -0.2) is 21.7 Å². The molecule has 0 aromatic carbocycles. The second kappa shape index (κ2) is 4.44. The molecule has 1 amide bonds. The van der Waals surface area contributed by atoms with Gasteiger partial charge in [-0.15, -0.1) is 0 Å². The topological polar surface area (TPSA) is 72.9 Å². The molecule has 1 aromatic heterocycles. The smallest absolute Gasteiger partial charge is 0.226 e. The number of hydrogen-bond acceptors (Lipinski definition) is 3. The van der Waals surface area contributed by atoms with Crippen molar-refractivity contribution in [1.29, 1.82) is 0 Å². The lowest BCUT2D eigenvalue weighted by Gasteiger charge is -2.07. The maximum atomic E-state index is 11.5. The van der Waals surface area contributed by atoms with Crippen molar-refractivity contribution in [2.24, 2.45) is 12.8 Å². The fraction of sp³-hybridized carbons (Fsp3) is 0.600. The van der Waals surface area contributed by atoms with Crippen molar-refractivity contribution in [1.82, 2.24) is 9.78 Å². The number of amides is 1. The molecule has 15 heavy (non-hydrogen) atoms. The normalized spacial score (nSPS) is 12.6. The van der Waals surface area contributed by atoms with E-state index in [0.29, 0.717) is 6.42 Å². The lowest BCUT2D eigenvalue weighted by atomic mass is 10.2. The summed E-state index contributed by atoms with van der Waals surface area (Å²) < 4.78 is 1.75. The zero-order valence-electron chi connectivity index (χ0n) is 9.66. The van der Waals surface area contributed by atoms with Gasteiger partial charge in [-0.05, 0) is 20.8 Å². The number of nitrogens with two attached hydrogens (primary N) is 1. The summed E-state index contributed by atoms with van der Waals surface area (Å²) in [6.45, 7) is 5.60. The van der Waals surface area contributed by atoms with Gasteiger partial charge in [-0.2, -0.15) is 5.10 Å². The molecule has 1 unspecified atom stereocenters. The van der Waals surface area contributed by atoms with Gasteiger partial charge in [-0.3, -0.25) is 9.48 Å². The number of carbonyl (C=O) groups is 1. The van der Waals surface area contributed by atoms with E-state index in [4.69, 9.17) is 5.73 Å². The number of anilines is 1. The van der Waals surface area contributed by atoms with E-state index in [1.54, 1.807) is 4.68 Å². The molecule has 3 N–H and O–H groups in total. The third-order valence-electron chi connectivity index (χ3n) is 2.28. The minimum Gasteiger partial charge on any atom is -0.327 e. The predicted molar refractivity (Wildman–Crippen MR) is 59.6 cm³/mol. The van der Waals surface area contributed by atoms with Crippen LogP contribution in [0, 0.1) is 13.8 Å². The van der Waals surface area contributed by atoms with Crippen LogP contribution in [0.1, 0.15) is 24.7 Å². The van der Waals surface area contributed by atoms with Crippen molar-refractivity contribution in [3.8, 4) is 0 Å². The molecule has 0 aliphatic rings. The molecule has 0 spiro atoms. The Hall–Kier alpha value is -1.36. The van der Waals surface area contributed by atoms with Gasteiger partial charge in [0, 0.05) is 19.5 Å². The first-order valence-corrected chi connectivity index (χ1v) is 4.97. The highest BCUT2D eigenvalue weighted by Gasteiger charge is 2.12. The summed E-state index contributed by atoms with van der Waals surface area (Å²) in [7, 11) is 1.85. The highest BCUT2D eigenvalue weighted by atomic mass is 16.1. The lowest BCUT2D eigenvalue weighted by Crippen LogP contribution is -2.24. The Morgan fingerprint density at radius 3 is 2.60 bits per heavy atom. The highest BCUT2D eigenvalue weighted by Crippen LogP contribution is 2.18. The minimum atomic E-state index is -0.123. The maximum Gasteiger partial charge on any atom is 0.226 e. The number of hydrogen-bond donors (Lipinski definition) is 2. The lowest BCUT2D eigenvalue weighted by molar-refractivity contribution is -0.116. The Bertz CT molecular complexity index is 368. The second-order valence-corrected chi connectivity index (χ2v) is 3.90. The summed E-state index contributed by atoms with van der Waals surface area (Å²) in [5.41, 5.74) is 8.12. The second-order valence-electron chi connectivity index (χ2n) is 3.90. The molecule has 0 aliphatic heterocycles. The van der Waals surface area contributed by atoms with Crippen LogP contribution in [-0.2, 0) is 11.8 Å². The van der Waals surface area contributed by atoms with Crippen LogP contribution in [0.5, 0.6) is 0 Å². The molecule has 1 rings (SSSR count). The number of aromatic nitrogens is 2. The van der Waals surface area contributed by atoms with Crippen LogP contribution in [0.15, 0.2) is 0 Å². The van der Waals surface area contributed by atoms with Gasteiger partial charge in [0.05, 0.1) is 17.1 Å². The van der Waals surface area contributed by atoms with Crippen LogP contribution in [0.2, 0.25) is 0 Å². The van der Waals surface area contributed by atoms with E-state index in [2.05, 4.69) is 10.4 Å². The monoisotopic (exact) mass is 210 g/mol. The summed E-state index contributed by atoms with van der Waals surface area (Å²) in [4.78, 5) is 11.5. The molecule has 0 saturated heterocycles. The van der Waals surface area contributed by atoms with Crippen LogP contribution >= 0.6 is 0 Å². The molecular formula is C10H18N4O. The number of nitrogens with one attached hydrogen (secondary N) is 1. The number of carbonyl (C=O) groups excluding carboxylic acids is 1. The summed E-state index contributed by atoms with van der Waals surface area (Å²) in [6.07, 6.45) is 0.327. The summed E-state index contributed by atoms with van der Waals surface area (Å²) >= 11 is 0. The third kappa shape index (κ3) is 2.79. The number of aryl methyl sites for hydroxylation is 2. The van der Waals surface area contributed by atoms with E-state index >= 15 is 0 Å². The Kier molecular flexibility index (Phi) is 3.47. The van der Waals surface area contributed by atoms with Gasteiger partial charge >= 0.3 is 0 Å². The van der Waals surface area contributed by atoms with Gasteiger partial charge in [0.1, 0.15) is 0 Å². The molecule has 0 aliphatic carbocycles. The van der Waals surface area contributed by atoms with Crippen molar-refractivity contribution in [3.63, 3.8) is 0 Å². The van der Waals surface area contributed by atoms with Crippen LogP contribution in [0.4, 0.5) is 5.69 Å². The molecular weight excluding hydrogens is 192 g/mol. The number of nitrogens with zero attached hydrogens (tertiary/aromatic N) is 2. The van der Waals surface area contributed by atoms with Crippen LogP contribution in [0.25, 0.3) is 0 Å². The van der Waals surface area contributed by atoms with Crippen molar-refractivity contribution in [2.45, 2.75) is 33.2 Å². The Morgan fingerprint density at radius 1 is 1.60 bits per heavy atom. The molecule has 0 fully saturated rings. The zero-order chi connectivity index (χ0) is 11.6. The molecule has 1 heterocycles. The summed E-state index contributed by atoms with van der Waals surface area (Å²) in [5.74, 6) is -0.0656. The zero-order valence-corrected chi connectivity index (χ0v) is 9.66. The van der Waals surface area contributed by atoms with Crippen molar-refractivity contribution in [2.75, 3.05) is 5.32 Å². The van der Waals surface area contributed by atoms with E-state index in [-0.39, 0.29) is 11.9 Å². The average molecular weight is 210 g/mol. The highest BCUT2D eigenvalue weighted by molar-refractivity contribution is 5.92. The van der Waals surface area contributed by atoms with Crippen molar-refractivity contribution < 1.29 is 4.79 Å². The quantitative estimate of drug-likeness (QED) is 0.771. The maximum absolute atomic E-state index is 11.5. The van der Waals surface area contributed by atoms with Gasteiger partial charge in [0.15, 0.2) is 0 Å². The van der Waals surface area contributed by atoms with E-state index in [1.807, 2.05) is 27.8 Å². The van der Waals surface area contributed by atoms with Crippen molar-refractivity contribution in [3.05, 3.63) is 11.4 Å².